The van der Waals surface area contributed by atoms with Gasteiger partial charge in [0.25, 0.3) is 0 Å². The van der Waals surface area contributed by atoms with Crippen LogP contribution in [0.1, 0.15) is 13.3 Å². The highest BCUT2D eigenvalue weighted by Gasteiger charge is 2.05. The summed E-state index contributed by atoms with van der Waals surface area (Å²) in [6, 6.07) is 9.89. The van der Waals surface area contributed by atoms with Crippen LogP contribution >= 0.6 is 24.0 Å². The smallest absolute Gasteiger partial charge is 0.193 e. The molecule has 0 amide bonds. The Kier molecular flexibility index (Phi) is 15.5. The second-order valence-corrected chi connectivity index (χ2v) is 5.97. The van der Waals surface area contributed by atoms with E-state index < -0.39 is 0 Å². The molecule has 6 nitrogen and oxygen atoms in total. The number of nitrogens with zero attached hydrogens (tertiary/aromatic N) is 3. The van der Waals surface area contributed by atoms with Gasteiger partial charge < -0.3 is 24.6 Å². The summed E-state index contributed by atoms with van der Waals surface area (Å²) >= 11 is 0. The number of hydrogen-bond acceptors (Lipinski definition) is 4. The number of benzene rings is 1. The molecule has 0 saturated heterocycles. The van der Waals surface area contributed by atoms with Gasteiger partial charge in [0, 0.05) is 33.8 Å². The Morgan fingerprint density at radius 2 is 1.81 bits per heavy atom. The van der Waals surface area contributed by atoms with Crippen LogP contribution in [0.2, 0.25) is 0 Å². The Bertz CT molecular complexity index is 474. The summed E-state index contributed by atoms with van der Waals surface area (Å²) < 4.78 is 10.8. The Labute approximate surface area is 176 Å². The van der Waals surface area contributed by atoms with Gasteiger partial charge in [-0.1, -0.05) is 18.2 Å². The van der Waals surface area contributed by atoms with Gasteiger partial charge in [-0.2, -0.15) is 0 Å². The minimum Gasteiger partial charge on any atom is -0.492 e. The lowest BCUT2D eigenvalue weighted by Crippen LogP contribution is -2.41. The molecule has 0 unspecified atom stereocenters. The van der Waals surface area contributed by atoms with Gasteiger partial charge in [0.2, 0.25) is 0 Å². The van der Waals surface area contributed by atoms with Crippen molar-refractivity contribution in [2.75, 3.05) is 67.1 Å². The van der Waals surface area contributed by atoms with E-state index in [9.17, 15) is 0 Å². The summed E-state index contributed by atoms with van der Waals surface area (Å²) in [4.78, 5) is 9.09. The molecule has 0 saturated carbocycles. The molecule has 0 bridgehead atoms. The van der Waals surface area contributed by atoms with Gasteiger partial charge in [-0.3, -0.25) is 4.99 Å². The number of para-hydroxylation sites is 1. The summed E-state index contributed by atoms with van der Waals surface area (Å²) in [7, 11) is 5.89. The van der Waals surface area contributed by atoms with E-state index in [-0.39, 0.29) is 24.0 Å². The highest BCUT2D eigenvalue weighted by Crippen LogP contribution is 2.07. The van der Waals surface area contributed by atoms with Crippen molar-refractivity contribution in [3.05, 3.63) is 30.3 Å². The molecule has 150 valence electrons. The highest BCUT2D eigenvalue weighted by atomic mass is 127. The second kappa shape index (κ2) is 16.1. The Morgan fingerprint density at radius 3 is 2.46 bits per heavy atom. The molecule has 0 radical (unpaired) electrons. The summed E-state index contributed by atoms with van der Waals surface area (Å²) in [5, 5.41) is 3.34. The fraction of sp³-hybridized carbons (Fsp3) is 0.632. The third-order valence-electron chi connectivity index (χ3n) is 3.77. The van der Waals surface area contributed by atoms with Gasteiger partial charge in [-0.05, 0) is 39.1 Å². The van der Waals surface area contributed by atoms with E-state index in [1.165, 1.54) is 0 Å². The van der Waals surface area contributed by atoms with Crippen LogP contribution in [-0.2, 0) is 4.74 Å². The third-order valence-corrected chi connectivity index (χ3v) is 3.77. The zero-order valence-corrected chi connectivity index (χ0v) is 18.9. The number of aliphatic imine (C=N–C) groups is 1. The van der Waals surface area contributed by atoms with E-state index in [2.05, 4.69) is 29.1 Å². The minimum absolute atomic E-state index is 0. The van der Waals surface area contributed by atoms with Crippen LogP contribution in [0.5, 0.6) is 5.75 Å². The maximum absolute atomic E-state index is 5.76. The zero-order valence-electron chi connectivity index (χ0n) is 16.6. The molecule has 7 heteroatoms. The molecular weight excluding hydrogens is 443 g/mol. The Morgan fingerprint density at radius 1 is 1.08 bits per heavy atom. The number of hydrogen-bond donors (Lipinski definition) is 1. The van der Waals surface area contributed by atoms with Gasteiger partial charge in [0.15, 0.2) is 5.96 Å². The van der Waals surface area contributed by atoms with Gasteiger partial charge in [-0.15, -0.1) is 24.0 Å². The van der Waals surface area contributed by atoms with Crippen molar-refractivity contribution in [1.29, 1.82) is 0 Å². The first-order valence-electron chi connectivity index (χ1n) is 9.02. The van der Waals surface area contributed by atoms with Crippen LogP contribution in [0.25, 0.3) is 0 Å². The van der Waals surface area contributed by atoms with Crippen molar-refractivity contribution in [1.82, 2.24) is 15.1 Å². The molecule has 1 rings (SSSR count). The summed E-state index contributed by atoms with van der Waals surface area (Å²) in [5.41, 5.74) is 0. The molecular formula is C19H35IN4O2. The minimum atomic E-state index is 0. The zero-order chi connectivity index (χ0) is 18.3. The fourth-order valence-electron chi connectivity index (χ4n) is 2.28. The molecule has 1 N–H and O–H groups in total. The lowest BCUT2D eigenvalue weighted by molar-refractivity contribution is 0.161. The molecule has 0 aliphatic heterocycles. The van der Waals surface area contributed by atoms with Crippen LogP contribution in [0, 0.1) is 0 Å². The molecule has 0 fully saturated rings. The van der Waals surface area contributed by atoms with Crippen molar-refractivity contribution in [2.45, 2.75) is 13.3 Å². The van der Waals surface area contributed by atoms with Gasteiger partial charge in [0.05, 0.1) is 13.2 Å². The molecule has 1 aromatic carbocycles. The molecule has 26 heavy (non-hydrogen) atoms. The topological polar surface area (TPSA) is 49.3 Å². The number of nitrogens with one attached hydrogen (secondary N) is 1. The maximum Gasteiger partial charge on any atom is 0.193 e. The monoisotopic (exact) mass is 478 g/mol. The lowest BCUT2D eigenvalue weighted by atomic mass is 10.3. The first-order valence-corrected chi connectivity index (χ1v) is 9.02. The van der Waals surface area contributed by atoms with E-state index in [0.717, 1.165) is 57.5 Å². The lowest BCUT2D eigenvalue weighted by Gasteiger charge is -2.22. The van der Waals surface area contributed by atoms with Gasteiger partial charge >= 0.3 is 0 Å². The number of likely N-dealkylation sites (N-methyl/N-ethyl adjacent to an activating group) is 2. The van der Waals surface area contributed by atoms with Crippen LogP contribution in [0.3, 0.4) is 0 Å². The van der Waals surface area contributed by atoms with Crippen molar-refractivity contribution < 1.29 is 9.47 Å². The largest absolute Gasteiger partial charge is 0.492 e. The average molecular weight is 478 g/mol. The first-order chi connectivity index (χ1) is 12.2. The molecule has 0 spiro atoms. The van der Waals surface area contributed by atoms with Gasteiger partial charge in [0.1, 0.15) is 12.4 Å². The van der Waals surface area contributed by atoms with Crippen LogP contribution in [0.4, 0.5) is 0 Å². The van der Waals surface area contributed by atoms with E-state index in [1.807, 2.05) is 37.4 Å². The molecule has 0 aliphatic carbocycles. The van der Waals surface area contributed by atoms with Crippen LogP contribution < -0.4 is 10.1 Å². The number of rotatable bonds is 12. The SMILES string of the molecule is CCNC(=NCCCN(C)CCOC)N(C)CCOc1ccccc1.I. The average Bonchev–Trinajstić information content (AvgIpc) is 2.63. The predicted molar refractivity (Wildman–Crippen MR) is 120 cm³/mol. The summed E-state index contributed by atoms with van der Waals surface area (Å²) in [6.07, 6.45) is 1.03. The Hall–Kier alpha value is -1.06. The van der Waals surface area contributed by atoms with E-state index in [0.29, 0.717) is 6.61 Å². The fourth-order valence-corrected chi connectivity index (χ4v) is 2.28. The Balaban J connectivity index is 0.00000625. The molecule has 0 aliphatic rings. The standard InChI is InChI=1S/C19H34N4O2.HI/c1-5-20-19(21-12-9-13-22(2)14-16-24-4)23(3)15-17-25-18-10-7-6-8-11-18;/h6-8,10-11H,5,9,12-17H2,1-4H3,(H,20,21);1H. The van der Waals surface area contributed by atoms with Crippen molar-refractivity contribution in [3.8, 4) is 5.75 Å². The molecule has 0 atom stereocenters. The number of guanidine groups is 1. The van der Waals surface area contributed by atoms with E-state index in [4.69, 9.17) is 14.5 Å². The summed E-state index contributed by atoms with van der Waals surface area (Å²) in [5.74, 6) is 1.83. The van der Waals surface area contributed by atoms with Crippen LogP contribution in [0.15, 0.2) is 35.3 Å². The number of halogens is 1. The molecule has 0 heterocycles. The number of ether oxygens (including phenoxy) is 2. The van der Waals surface area contributed by atoms with Gasteiger partial charge in [-0.25, -0.2) is 0 Å². The quantitative estimate of drug-likeness (QED) is 0.217. The highest BCUT2D eigenvalue weighted by molar-refractivity contribution is 14.0. The van der Waals surface area contributed by atoms with Crippen LogP contribution in [-0.4, -0.2) is 82.9 Å². The third kappa shape index (κ3) is 11.5. The molecule has 1 aromatic rings. The van der Waals surface area contributed by atoms with Crippen molar-refractivity contribution in [2.24, 2.45) is 4.99 Å². The first kappa shape index (κ1) is 24.9. The predicted octanol–water partition coefficient (Wildman–Crippen LogP) is 2.55. The van der Waals surface area contributed by atoms with E-state index in [1.54, 1.807) is 7.11 Å². The van der Waals surface area contributed by atoms with E-state index >= 15 is 0 Å². The normalized spacial score (nSPS) is 11.2. The van der Waals surface area contributed by atoms with Crippen molar-refractivity contribution in [3.63, 3.8) is 0 Å². The second-order valence-electron chi connectivity index (χ2n) is 5.97. The number of methoxy groups -OCH3 is 1. The maximum atomic E-state index is 5.76. The summed E-state index contributed by atoms with van der Waals surface area (Å²) in [6.45, 7) is 7.91. The van der Waals surface area contributed by atoms with Crippen molar-refractivity contribution >= 4 is 29.9 Å². The molecule has 0 aromatic heterocycles.